The first-order chi connectivity index (χ1) is 9.55. The smallest absolute Gasteiger partial charge is 0.550 e. The van der Waals surface area contributed by atoms with Crippen LogP contribution in [-0.4, -0.2) is 41.2 Å². The van der Waals surface area contributed by atoms with E-state index in [2.05, 4.69) is 0 Å². The summed E-state index contributed by atoms with van der Waals surface area (Å²) in [6, 6.07) is 8.30. The van der Waals surface area contributed by atoms with Crippen molar-refractivity contribution in [3.05, 3.63) is 35.9 Å². The molecular formula is C11H10Na2O9S. The van der Waals surface area contributed by atoms with Crippen molar-refractivity contribution < 1.29 is 102 Å². The van der Waals surface area contributed by atoms with Crippen molar-refractivity contribution >= 4 is 28.0 Å². The Labute approximate surface area is 176 Å². The van der Waals surface area contributed by atoms with Crippen LogP contribution in [0.4, 0.5) is 0 Å². The molecule has 2 N–H and O–H groups in total. The quantitative estimate of drug-likeness (QED) is 0.380. The zero-order valence-electron chi connectivity index (χ0n) is 12.3. The van der Waals surface area contributed by atoms with Crippen LogP contribution in [-0.2, 0) is 19.7 Å². The van der Waals surface area contributed by atoms with Crippen molar-refractivity contribution in [2.24, 2.45) is 0 Å². The average Bonchev–Trinajstić information content (AvgIpc) is 2.36. The molecular weight excluding hydrogens is 354 g/mol. The van der Waals surface area contributed by atoms with Gasteiger partial charge in [-0.25, -0.2) is 4.79 Å². The van der Waals surface area contributed by atoms with E-state index in [0.29, 0.717) is 5.56 Å². The summed E-state index contributed by atoms with van der Waals surface area (Å²) < 4.78 is 28.5. The molecule has 0 heterocycles. The Morgan fingerprint density at radius 3 is 1.65 bits per heavy atom. The van der Waals surface area contributed by atoms with Crippen molar-refractivity contribution in [3.63, 3.8) is 0 Å². The Bertz CT molecular complexity index is 616. The van der Waals surface area contributed by atoms with E-state index in [4.69, 9.17) is 9.66 Å². The molecule has 0 aliphatic rings. The molecule has 1 aromatic rings. The van der Waals surface area contributed by atoms with Crippen molar-refractivity contribution in [3.8, 4) is 0 Å². The minimum atomic E-state index is -4.94. The molecule has 1 rings (SSSR count). The SMILES string of the molecule is O=C(O)c1ccccc1.O=C([O-])CC(C(=O)[O-])S(=O)(=O)O.[Na+].[Na+]. The van der Waals surface area contributed by atoms with Crippen LogP contribution in [0.5, 0.6) is 0 Å². The number of carbonyl (C=O) groups is 3. The van der Waals surface area contributed by atoms with Crippen molar-refractivity contribution in [1.82, 2.24) is 0 Å². The molecule has 23 heavy (non-hydrogen) atoms. The van der Waals surface area contributed by atoms with Gasteiger partial charge in [0.2, 0.25) is 0 Å². The fourth-order valence-corrected chi connectivity index (χ4v) is 1.63. The molecule has 0 aliphatic heterocycles. The second-order valence-corrected chi connectivity index (χ2v) is 5.17. The summed E-state index contributed by atoms with van der Waals surface area (Å²) in [5, 5.41) is 25.6. The first kappa shape index (κ1) is 27.4. The molecule has 9 nitrogen and oxygen atoms in total. The van der Waals surface area contributed by atoms with Crippen LogP contribution >= 0.6 is 0 Å². The van der Waals surface area contributed by atoms with Crippen LogP contribution in [0.3, 0.4) is 0 Å². The molecule has 0 spiro atoms. The summed E-state index contributed by atoms with van der Waals surface area (Å²) in [7, 11) is -4.94. The third-order valence-electron chi connectivity index (χ3n) is 2.00. The van der Waals surface area contributed by atoms with Gasteiger partial charge < -0.3 is 24.9 Å². The van der Waals surface area contributed by atoms with E-state index in [-0.39, 0.29) is 59.1 Å². The molecule has 0 bridgehead atoms. The largest absolute Gasteiger partial charge is 1.00 e. The van der Waals surface area contributed by atoms with E-state index in [9.17, 15) is 33.0 Å². The summed E-state index contributed by atoms with van der Waals surface area (Å²) in [5.41, 5.74) is 0.331. The zero-order valence-corrected chi connectivity index (χ0v) is 17.1. The monoisotopic (exact) mass is 364 g/mol. The molecule has 0 fully saturated rings. The second-order valence-electron chi connectivity index (χ2n) is 3.57. The number of carbonyl (C=O) groups excluding carboxylic acids is 2. The molecule has 0 radical (unpaired) electrons. The van der Waals surface area contributed by atoms with Crippen molar-refractivity contribution in [2.75, 3.05) is 0 Å². The summed E-state index contributed by atoms with van der Waals surface area (Å²) in [6.45, 7) is 0. The van der Waals surface area contributed by atoms with E-state index >= 15 is 0 Å². The van der Waals surface area contributed by atoms with Gasteiger partial charge in [-0.05, 0) is 12.1 Å². The van der Waals surface area contributed by atoms with E-state index in [1.54, 1.807) is 30.3 Å². The third kappa shape index (κ3) is 12.6. The molecule has 0 aromatic heterocycles. The van der Waals surface area contributed by atoms with Gasteiger partial charge in [-0.2, -0.15) is 8.42 Å². The Kier molecular flexibility index (Phi) is 15.4. The maximum absolute atomic E-state index is 10.2. The van der Waals surface area contributed by atoms with E-state index in [1.165, 1.54) is 0 Å². The number of hydrogen-bond donors (Lipinski definition) is 2. The summed E-state index contributed by atoms with van der Waals surface area (Å²) in [5.74, 6) is -4.96. The van der Waals surface area contributed by atoms with Crippen LogP contribution in [0.25, 0.3) is 0 Å². The number of hydrogen-bond acceptors (Lipinski definition) is 7. The van der Waals surface area contributed by atoms with Crippen molar-refractivity contribution in [1.29, 1.82) is 0 Å². The van der Waals surface area contributed by atoms with Gasteiger partial charge in [0.15, 0.2) is 0 Å². The molecule has 0 saturated heterocycles. The molecule has 1 unspecified atom stereocenters. The van der Waals surface area contributed by atoms with Gasteiger partial charge in [-0.1, -0.05) is 18.2 Å². The summed E-state index contributed by atoms with van der Waals surface area (Å²) >= 11 is 0. The topological polar surface area (TPSA) is 172 Å². The molecule has 1 atom stereocenters. The molecule has 1 aromatic carbocycles. The van der Waals surface area contributed by atoms with E-state index in [1.807, 2.05) is 0 Å². The number of carboxylic acids is 3. The molecule has 12 heteroatoms. The van der Waals surface area contributed by atoms with Crippen LogP contribution in [0.2, 0.25) is 0 Å². The van der Waals surface area contributed by atoms with E-state index in [0.717, 1.165) is 0 Å². The van der Waals surface area contributed by atoms with Gasteiger partial charge in [-0.3, -0.25) is 4.55 Å². The fraction of sp³-hybridized carbons (Fsp3) is 0.182. The van der Waals surface area contributed by atoms with Gasteiger partial charge in [0, 0.05) is 12.4 Å². The maximum atomic E-state index is 10.2. The predicted molar refractivity (Wildman–Crippen MR) is 63.4 cm³/mol. The fourth-order valence-electron chi connectivity index (χ4n) is 1.04. The van der Waals surface area contributed by atoms with Gasteiger partial charge in [0.25, 0.3) is 10.1 Å². The summed E-state index contributed by atoms with van der Waals surface area (Å²) in [4.78, 5) is 29.9. The molecule has 0 saturated carbocycles. The Balaban J connectivity index is -0.000000329. The number of benzene rings is 1. The van der Waals surface area contributed by atoms with Gasteiger partial charge in [-0.15, -0.1) is 0 Å². The Hall–Kier alpha value is -0.460. The number of carboxylic acid groups (broad SMARTS) is 3. The maximum Gasteiger partial charge on any atom is 1.00 e. The molecule has 0 amide bonds. The summed E-state index contributed by atoms with van der Waals surface area (Å²) in [6.07, 6.45) is -1.33. The van der Waals surface area contributed by atoms with E-state index < -0.39 is 39.7 Å². The number of aromatic carboxylic acids is 1. The van der Waals surface area contributed by atoms with Gasteiger partial charge in [0.05, 0.1) is 11.5 Å². The third-order valence-corrected chi connectivity index (χ3v) is 3.07. The van der Waals surface area contributed by atoms with Crippen molar-refractivity contribution in [2.45, 2.75) is 11.7 Å². The van der Waals surface area contributed by atoms with Crippen LogP contribution in [0, 0.1) is 0 Å². The van der Waals surface area contributed by atoms with Crippen LogP contribution < -0.4 is 69.3 Å². The Morgan fingerprint density at radius 2 is 1.48 bits per heavy atom. The molecule has 116 valence electrons. The van der Waals surface area contributed by atoms with Crippen LogP contribution in [0.15, 0.2) is 30.3 Å². The van der Waals surface area contributed by atoms with Gasteiger partial charge >= 0.3 is 65.1 Å². The average molecular weight is 364 g/mol. The minimum absolute atomic E-state index is 0. The van der Waals surface area contributed by atoms with Crippen LogP contribution in [0.1, 0.15) is 16.8 Å². The Morgan fingerprint density at radius 1 is 1.04 bits per heavy atom. The molecule has 0 aliphatic carbocycles. The van der Waals surface area contributed by atoms with Gasteiger partial charge in [0.1, 0.15) is 5.25 Å². The standard InChI is InChI=1S/C7H6O2.C4H6O7S.2Na/c8-7(9)6-4-2-1-3-5-6;5-3(6)1-2(4(7)8)12(9,10)11;;/h1-5H,(H,8,9);2H,1H2,(H,5,6)(H,7,8)(H,9,10,11);;/q;;2*+1/p-2. The predicted octanol–water partition coefficient (Wildman–Crippen LogP) is -8.47. The number of rotatable bonds is 5. The second kappa shape index (κ2) is 12.9. The minimum Gasteiger partial charge on any atom is -0.550 e. The first-order valence-electron chi connectivity index (χ1n) is 5.21. The normalized spacial score (nSPS) is 10.7. The number of aliphatic carboxylic acids is 2. The zero-order chi connectivity index (χ0) is 16.6. The first-order valence-corrected chi connectivity index (χ1v) is 6.71.